The van der Waals surface area contributed by atoms with Crippen molar-refractivity contribution in [2.75, 3.05) is 6.61 Å². The van der Waals surface area contributed by atoms with E-state index in [0.717, 1.165) is 12.8 Å². The van der Waals surface area contributed by atoms with Crippen LogP contribution in [0.2, 0.25) is 0 Å². The Balaban J connectivity index is 2.71. The number of carbonyl (C=O) groups excluding carboxylic acids is 2. The van der Waals surface area contributed by atoms with Crippen molar-refractivity contribution < 1.29 is 14.3 Å². The van der Waals surface area contributed by atoms with Crippen LogP contribution in [0.3, 0.4) is 0 Å². The van der Waals surface area contributed by atoms with Crippen molar-refractivity contribution in [2.24, 2.45) is 7.05 Å². The molecule has 88 valence electrons. The van der Waals surface area contributed by atoms with Crippen LogP contribution in [-0.4, -0.2) is 22.9 Å². The number of Topliss-reactive ketones (excluding diaryl/α,β-unsaturated/α-hetero) is 1. The Kier molecular flexibility index (Phi) is 4.28. The van der Waals surface area contributed by atoms with E-state index in [4.69, 9.17) is 4.74 Å². The maximum Gasteiger partial charge on any atom is 0.354 e. The lowest BCUT2D eigenvalue weighted by Crippen LogP contribution is -2.10. The van der Waals surface area contributed by atoms with E-state index in [1.807, 2.05) is 6.92 Å². The normalized spacial score (nSPS) is 10.2. The highest BCUT2D eigenvalue weighted by Crippen LogP contribution is 2.09. The Bertz CT molecular complexity index is 393. The summed E-state index contributed by atoms with van der Waals surface area (Å²) in [6, 6.07) is 1.57. The van der Waals surface area contributed by atoms with Gasteiger partial charge >= 0.3 is 5.97 Å². The predicted octanol–water partition coefficient (Wildman–Crippen LogP) is 2.18. The molecule has 0 unspecified atom stereocenters. The van der Waals surface area contributed by atoms with Gasteiger partial charge in [-0.2, -0.15) is 0 Å². The molecule has 0 saturated carbocycles. The van der Waals surface area contributed by atoms with Crippen molar-refractivity contribution in [3.05, 3.63) is 23.5 Å². The molecule has 4 heteroatoms. The van der Waals surface area contributed by atoms with Crippen LogP contribution >= 0.6 is 0 Å². The van der Waals surface area contributed by atoms with Crippen LogP contribution in [0.25, 0.3) is 0 Å². The summed E-state index contributed by atoms with van der Waals surface area (Å²) in [5, 5.41) is 0. The number of ether oxygens (including phenoxy) is 1. The minimum Gasteiger partial charge on any atom is -0.461 e. The first-order chi connectivity index (χ1) is 7.56. The smallest absolute Gasteiger partial charge is 0.354 e. The maximum absolute atomic E-state index is 11.6. The summed E-state index contributed by atoms with van der Waals surface area (Å²) in [7, 11) is 1.73. The molecule has 1 rings (SSSR count). The molecule has 0 aliphatic rings. The van der Waals surface area contributed by atoms with Crippen LogP contribution in [0.15, 0.2) is 12.3 Å². The van der Waals surface area contributed by atoms with Crippen LogP contribution in [-0.2, 0) is 11.8 Å². The number of nitrogens with zero attached hydrogens (tertiary/aromatic N) is 1. The molecule has 4 nitrogen and oxygen atoms in total. The van der Waals surface area contributed by atoms with Gasteiger partial charge in [0.15, 0.2) is 5.78 Å². The molecule has 1 aromatic heterocycles. The van der Waals surface area contributed by atoms with E-state index in [2.05, 4.69) is 0 Å². The number of unbranched alkanes of at least 4 members (excludes halogenated alkanes) is 1. The number of ketones is 1. The van der Waals surface area contributed by atoms with Gasteiger partial charge in [0.2, 0.25) is 0 Å². The topological polar surface area (TPSA) is 48.3 Å². The molecular formula is C12H17NO3. The molecule has 0 N–H and O–H groups in total. The number of aryl methyl sites for hydroxylation is 1. The fourth-order valence-electron chi connectivity index (χ4n) is 1.34. The zero-order valence-electron chi connectivity index (χ0n) is 9.95. The number of hydrogen-bond acceptors (Lipinski definition) is 3. The van der Waals surface area contributed by atoms with Gasteiger partial charge in [-0.3, -0.25) is 4.79 Å². The third-order valence-corrected chi connectivity index (χ3v) is 2.35. The molecule has 0 spiro atoms. The predicted molar refractivity (Wildman–Crippen MR) is 60.6 cm³/mol. The van der Waals surface area contributed by atoms with Gasteiger partial charge in [0, 0.05) is 18.8 Å². The highest BCUT2D eigenvalue weighted by atomic mass is 16.5. The standard InChI is InChI=1S/C12H17NO3/c1-4-5-6-16-12(15)11-7-10(9(2)14)8-13(11)3/h7-8H,4-6H2,1-3H3. The number of esters is 1. The summed E-state index contributed by atoms with van der Waals surface area (Å²) in [6.07, 6.45) is 3.48. The summed E-state index contributed by atoms with van der Waals surface area (Å²) in [6.45, 7) is 3.93. The molecule has 0 saturated heterocycles. The van der Waals surface area contributed by atoms with Crippen LogP contribution < -0.4 is 0 Å². The third kappa shape index (κ3) is 2.95. The molecule has 0 aliphatic carbocycles. The summed E-state index contributed by atoms with van der Waals surface area (Å²) in [4.78, 5) is 22.8. The van der Waals surface area contributed by atoms with Crippen molar-refractivity contribution in [1.82, 2.24) is 4.57 Å². The Hall–Kier alpha value is -1.58. The largest absolute Gasteiger partial charge is 0.461 e. The fraction of sp³-hybridized carbons (Fsp3) is 0.500. The molecule has 0 amide bonds. The summed E-state index contributed by atoms with van der Waals surface area (Å²) < 4.78 is 6.69. The van der Waals surface area contributed by atoms with Gasteiger partial charge in [-0.25, -0.2) is 4.79 Å². The molecular weight excluding hydrogens is 206 g/mol. The highest BCUT2D eigenvalue weighted by Gasteiger charge is 2.14. The first kappa shape index (κ1) is 12.5. The summed E-state index contributed by atoms with van der Waals surface area (Å²) >= 11 is 0. The van der Waals surface area contributed by atoms with Gasteiger partial charge < -0.3 is 9.30 Å². The van der Waals surface area contributed by atoms with Crippen molar-refractivity contribution in [3.8, 4) is 0 Å². The van der Waals surface area contributed by atoms with E-state index >= 15 is 0 Å². The fourth-order valence-corrected chi connectivity index (χ4v) is 1.34. The average molecular weight is 223 g/mol. The van der Waals surface area contributed by atoms with E-state index in [9.17, 15) is 9.59 Å². The van der Waals surface area contributed by atoms with Crippen LogP contribution in [0.5, 0.6) is 0 Å². The van der Waals surface area contributed by atoms with Crippen molar-refractivity contribution >= 4 is 11.8 Å². The van der Waals surface area contributed by atoms with Crippen molar-refractivity contribution in [1.29, 1.82) is 0 Å². The van der Waals surface area contributed by atoms with E-state index in [0.29, 0.717) is 17.9 Å². The second-order valence-electron chi connectivity index (χ2n) is 3.77. The quantitative estimate of drug-likeness (QED) is 0.436. The number of carbonyl (C=O) groups is 2. The Morgan fingerprint density at radius 2 is 2.12 bits per heavy atom. The average Bonchev–Trinajstić information content (AvgIpc) is 2.61. The second kappa shape index (κ2) is 5.49. The molecule has 0 aliphatic heterocycles. The molecule has 16 heavy (non-hydrogen) atoms. The molecule has 1 aromatic rings. The van der Waals surface area contributed by atoms with Gasteiger partial charge in [0.25, 0.3) is 0 Å². The molecule has 0 fully saturated rings. The lowest BCUT2D eigenvalue weighted by molar-refractivity contribution is 0.0488. The first-order valence-corrected chi connectivity index (χ1v) is 5.40. The van der Waals surface area contributed by atoms with Crippen molar-refractivity contribution in [3.63, 3.8) is 0 Å². The van der Waals surface area contributed by atoms with Crippen LogP contribution in [0.1, 0.15) is 47.5 Å². The maximum atomic E-state index is 11.6. The Morgan fingerprint density at radius 3 is 2.62 bits per heavy atom. The number of rotatable bonds is 5. The molecule has 0 radical (unpaired) electrons. The monoisotopic (exact) mass is 223 g/mol. The zero-order valence-corrected chi connectivity index (χ0v) is 9.95. The Labute approximate surface area is 95.2 Å². The van der Waals surface area contributed by atoms with Crippen LogP contribution in [0, 0.1) is 0 Å². The first-order valence-electron chi connectivity index (χ1n) is 5.40. The van der Waals surface area contributed by atoms with Crippen molar-refractivity contribution in [2.45, 2.75) is 26.7 Å². The van der Waals surface area contributed by atoms with Gasteiger partial charge in [-0.15, -0.1) is 0 Å². The molecule has 1 heterocycles. The van der Waals surface area contributed by atoms with Crippen LogP contribution in [0.4, 0.5) is 0 Å². The number of aromatic nitrogens is 1. The SMILES string of the molecule is CCCCOC(=O)c1cc(C(C)=O)cn1C. The lowest BCUT2D eigenvalue weighted by Gasteiger charge is -2.03. The van der Waals surface area contributed by atoms with Gasteiger partial charge in [0.05, 0.1) is 6.61 Å². The minimum absolute atomic E-state index is 0.0526. The van der Waals surface area contributed by atoms with E-state index < -0.39 is 0 Å². The second-order valence-corrected chi connectivity index (χ2v) is 3.77. The zero-order chi connectivity index (χ0) is 12.1. The Morgan fingerprint density at radius 1 is 1.44 bits per heavy atom. The number of hydrogen-bond donors (Lipinski definition) is 0. The van der Waals surface area contributed by atoms with Gasteiger partial charge in [-0.1, -0.05) is 13.3 Å². The van der Waals surface area contributed by atoms with E-state index in [1.54, 1.807) is 23.9 Å². The summed E-state index contributed by atoms with van der Waals surface area (Å²) in [5.41, 5.74) is 0.950. The van der Waals surface area contributed by atoms with Gasteiger partial charge in [0.1, 0.15) is 5.69 Å². The third-order valence-electron chi connectivity index (χ3n) is 2.35. The van der Waals surface area contributed by atoms with Gasteiger partial charge in [-0.05, 0) is 19.4 Å². The van der Waals surface area contributed by atoms with E-state index in [1.165, 1.54) is 6.92 Å². The minimum atomic E-state index is -0.372. The molecule has 0 bridgehead atoms. The molecule has 0 aromatic carbocycles. The summed E-state index contributed by atoms with van der Waals surface area (Å²) in [5.74, 6) is -0.424. The van der Waals surface area contributed by atoms with E-state index in [-0.39, 0.29) is 11.8 Å². The lowest BCUT2D eigenvalue weighted by atomic mass is 10.2. The highest BCUT2D eigenvalue weighted by molar-refractivity contribution is 5.97. The molecule has 0 atom stereocenters.